The number of ether oxygens (including phenoxy) is 2. The van der Waals surface area contributed by atoms with Crippen LogP contribution in [0.1, 0.15) is 27.6 Å². The Morgan fingerprint density at radius 2 is 1.72 bits per heavy atom. The van der Waals surface area contributed by atoms with Crippen LogP contribution in [-0.4, -0.2) is 32.2 Å². The lowest BCUT2D eigenvalue weighted by Crippen LogP contribution is -2.21. The van der Waals surface area contributed by atoms with E-state index in [1.54, 1.807) is 49.4 Å². The van der Waals surface area contributed by atoms with Crippen molar-refractivity contribution < 1.29 is 19.1 Å². The van der Waals surface area contributed by atoms with E-state index in [0.29, 0.717) is 28.3 Å². The lowest BCUT2D eigenvalue weighted by molar-refractivity contribution is 0.0956. The summed E-state index contributed by atoms with van der Waals surface area (Å²) < 4.78 is 10.4. The van der Waals surface area contributed by atoms with Crippen molar-refractivity contribution in [2.45, 2.75) is 6.92 Å². The SMILES string of the molecule is C/C=N/NC(=O)c1ccccc1NC(=O)c1ccc(OC)c(OC)c1. The number of anilines is 1. The summed E-state index contributed by atoms with van der Waals surface area (Å²) in [4.78, 5) is 24.6. The van der Waals surface area contributed by atoms with Gasteiger partial charge in [0.15, 0.2) is 11.5 Å². The number of nitrogens with zero attached hydrogens (tertiary/aromatic N) is 1. The zero-order valence-electron chi connectivity index (χ0n) is 14.2. The number of rotatable bonds is 6. The summed E-state index contributed by atoms with van der Waals surface area (Å²) in [5.41, 5.74) is 3.44. The molecule has 0 unspecified atom stereocenters. The van der Waals surface area contributed by atoms with Gasteiger partial charge in [0.05, 0.1) is 25.5 Å². The maximum atomic E-state index is 12.5. The smallest absolute Gasteiger partial charge is 0.273 e. The maximum absolute atomic E-state index is 12.5. The zero-order chi connectivity index (χ0) is 18.2. The van der Waals surface area contributed by atoms with Crippen molar-refractivity contribution in [2.75, 3.05) is 19.5 Å². The van der Waals surface area contributed by atoms with Crippen LogP contribution in [0, 0.1) is 0 Å². The van der Waals surface area contributed by atoms with E-state index < -0.39 is 5.91 Å². The van der Waals surface area contributed by atoms with Gasteiger partial charge in [0.1, 0.15) is 0 Å². The van der Waals surface area contributed by atoms with E-state index in [0.717, 1.165) is 0 Å². The van der Waals surface area contributed by atoms with E-state index in [2.05, 4.69) is 15.8 Å². The van der Waals surface area contributed by atoms with Gasteiger partial charge in [-0.1, -0.05) is 12.1 Å². The van der Waals surface area contributed by atoms with Crippen molar-refractivity contribution in [1.29, 1.82) is 0 Å². The van der Waals surface area contributed by atoms with Crippen LogP contribution in [0.4, 0.5) is 5.69 Å². The molecule has 0 aliphatic heterocycles. The number of carbonyl (C=O) groups excluding carboxylic acids is 2. The first-order chi connectivity index (χ1) is 12.1. The van der Waals surface area contributed by atoms with Crippen LogP contribution in [0.5, 0.6) is 11.5 Å². The molecule has 130 valence electrons. The summed E-state index contributed by atoms with van der Waals surface area (Å²) in [6, 6.07) is 11.5. The molecule has 0 saturated carbocycles. The second-order valence-corrected chi connectivity index (χ2v) is 4.90. The van der Waals surface area contributed by atoms with Gasteiger partial charge in [-0.2, -0.15) is 5.10 Å². The van der Waals surface area contributed by atoms with E-state index in [1.807, 2.05) is 0 Å². The average Bonchev–Trinajstić information content (AvgIpc) is 2.65. The van der Waals surface area contributed by atoms with Gasteiger partial charge in [-0.25, -0.2) is 5.43 Å². The maximum Gasteiger partial charge on any atom is 0.273 e. The summed E-state index contributed by atoms with van der Waals surface area (Å²) in [5, 5.41) is 6.43. The van der Waals surface area contributed by atoms with Gasteiger partial charge in [0, 0.05) is 11.8 Å². The third-order valence-electron chi connectivity index (χ3n) is 3.36. The summed E-state index contributed by atoms with van der Waals surface area (Å²) in [5.74, 6) is 0.177. The molecule has 0 heterocycles. The fraction of sp³-hybridized carbons (Fsp3) is 0.167. The van der Waals surface area contributed by atoms with Crippen LogP contribution in [0.2, 0.25) is 0 Å². The average molecular weight is 341 g/mol. The Kier molecular flexibility index (Phi) is 6.11. The molecule has 0 aliphatic carbocycles. The lowest BCUT2D eigenvalue weighted by Gasteiger charge is -2.12. The molecule has 25 heavy (non-hydrogen) atoms. The van der Waals surface area contributed by atoms with E-state index in [9.17, 15) is 9.59 Å². The molecule has 0 fully saturated rings. The van der Waals surface area contributed by atoms with E-state index >= 15 is 0 Å². The number of hydrogen-bond acceptors (Lipinski definition) is 5. The minimum absolute atomic E-state index is 0.307. The molecule has 2 aromatic rings. The van der Waals surface area contributed by atoms with Crippen molar-refractivity contribution in [3.63, 3.8) is 0 Å². The molecule has 2 aromatic carbocycles. The van der Waals surface area contributed by atoms with Crippen molar-refractivity contribution in [1.82, 2.24) is 5.43 Å². The number of hydrogen-bond donors (Lipinski definition) is 2. The molecule has 0 saturated heterocycles. The summed E-state index contributed by atoms with van der Waals surface area (Å²) in [6.07, 6.45) is 1.46. The first kappa shape index (κ1) is 18.0. The predicted octanol–water partition coefficient (Wildman–Crippen LogP) is 2.69. The number of benzene rings is 2. The molecule has 2 N–H and O–H groups in total. The first-order valence-corrected chi connectivity index (χ1v) is 7.51. The van der Waals surface area contributed by atoms with E-state index in [4.69, 9.17) is 9.47 Å². The van der Waals surface area contributed by atoms with Crippen LogP contribution in [0.15, 0.2) is 47.6 Å². The molecule has 7 nitrogen and oxygen atoms in total. The fourth-order valence-corrected chi connectivity index (χ4v) is 2.15. The quantitative estimate of drug-likeness (QED) is 0.624. The van der Waals surface area contributed by atoms with Crippen LogP contribution in [-0.2, 0) is 0 Å². The largest absolute Gasteiger partial charge is 0.493 e. The van der Waals surface area contributed by atoms with Crippen LogP contribution >= 0.6 is 0 Å². The highest BCUT2D eigenvalue weighted by molar-refractivity contribution is 6.09. The Hall–Kier alpha value is -3.35. The Morgan fingerprint density at radius 3 is 2.40 bits per heavy atom. The van der Waals surface area contributed by atoms with E-state index in [-0.39, 0.29) is 5.91 Å². The van der Waals surface area contributed by atoms with Crippen molar-refractivity contribution in [3.8, 4) is 11.5 Å². The summed E-state index contributed by atoms with van der Waals surface area (Å²) in [7, 11) is 3.01. The topological polar surface area (TPSA) is 89.0 Å². The van der Waals surface area contributed by atoms with Gasteiger partial charge in [0.25, 0.3) is 11.8 Å². The number of carbonyl (C=O) groups is 2. The van der Waals surface area contributed by atoms with Gasteiger partial charge in [-0.3, -0.25) is 9.59 Å². The summed E-state index contributed by atoms with van der Waals surface area (Å²) in [6.45, 7) is 1.69. The second kappa shape index (κ2) is 8.49. The molecule has 0 aromatic heterocycles. The molecular formula is C18H19N3O4. The highest BCUT2D eigenvalue weighted by Gasteiger charge is 2.15. The predicted molar refractivity (Wildman–Crippen MR) is 95.6 cm³/mol. The summed E-state index contributed by atoms with van der Waals surface area (Å²) >= 11 is 0. The van der Waals surface area contributed by atoms with Crippen molar-refractivity contribution in [3.05, 3.63) is 53.6 Å². The van der Waals surface area contributed by atoms with Crippen LogP contribution < -0.4 is 20.2 Å². The lowest BCUT2D eigenvalue weighted by atomic mass is 10.1. The number of para-hydroxylation sites is 1. The molecule has 0 spiro atoms. The molecular weight excluding hydrogens is 322 g/mol. The highest BCUT2D eigenvalue weighted by Crippen LogP contribution is 2.28. The third kappa shape index (κ3) is 4.35. The molecule has 0 bridgehead atoms. The van der Waals surface area contributed by atoms with Gasteiger partial charge >= 0.3 is 0 Å². The minimum atomic E-state index is -0.415. The third-order valence-corrected chi connectivity index (χ3v) is 3.36. The number of nitrogens with one attached hydrogen (secondary N) is 2. The minimum Gasteiger partial charge on any atom is -0.493 e. The Labute approximate surface area is 145 Å². The van der Waals surface area contributed by atoms with Gasteiger partial charge in [-0.15, -0.1) is 0 Å². The Bertz CT molecular complexity index is 803. The Balaban J connectivity index is 2.25. The molecule has 0 radical (unpaired) electrons. The monoisotopic (exact) mass is 341 g/mol. The molecule has 0 aliphatic rings. The van der Waals surface area contributed by atoms with E-state index in [1.165, 1.54) is 20.4 Å². The fourth-order valence-electron chi connectivity index (χ4n) is 2.15. The molecule has 7 heteroatoms. The van der Waals surface area contributed by atoms with Crippen molar-refractivity contribution in [2.24, 2.45) is 5.10 Å². The standard InChI is InChI=1S/C18H19N3O4/c1-4-19-21-18(23)13-7-5-6-8-14(13)20-17(22)12-9-10-15(24-2)16(11-12)25-3/h4-11H,1-3H3,(H,20,22)(H,21,23)/b19-4+. The highest BCUT2D eigenvalue weighted by atomic mass is 16.5. The first-order valence-electron chi connectivity index (χ1n) is 7.51. The number of hydrazone groups is 1. The zero-order valence-corrected chi connectivity index (χ0v) is 14.2. The second-order valence-electron chi connectivity index (χ2n) is 4.90. The van der Waals surface area contributed by atoms with Gasteiger partial charge in [0.2, 0.25) is 0 Å². The number of methoxy groups -OCH3 is 2. The normalized spacial score (nSPS) is 10.4. The van der Waals surface area contributed by atoms with Crippen LogP contribution in [0.3, 0.4) is 0 Å². The molecule has 2 rings (SSSR count). The Morgan fingerprint density at radius 1 is 1.00 bits per heavy atom. The molecule has 2 amide bonds. The van der Waals surface area contributed by atoms with Crippen molar-refractivity contribution >= 4 is 23.7 Å². The van der Waals surface area contributed by atoms with Gasteiger partial charge in [-0.05, 0) is 37.3 Å². The number of amides is 2. The van der Waals surface area contributed by atoms with Crippen LogP contribution in [0.25, 0.3) is 0 Å². The van der Waals surface area contributed by atoms with Gasteiger partial charge < -0.3 is 14.8 Å². The molecule has 0 atom stereocenters.